The summed E-state index contributed by atoms with van der Waals surface area (Å²) in [6.07, 6.45) is 8.92. The second-order valence-corrected chi connectivity index (χ2v) is 33.6. The number of carbonyl (C=O) groups is 3. The van der Waals surface area contributed by atoms with Crippen LogP contribution in [0, 0.1) is 49.9 Å². The van der Waals surface area contributed by atoms with Gasteiger partial charge in [-0.05, 0) is 188 Å². The number of ether oxygens (including phenoxy) is 1. The molecule has 3 aromatic carbocycles. The molecule has 12 heterocycles. The number of hydrogen-bond donors (Lipinski definition) is 0. The number of aromatic nitrogens is 12. The first kappa shape index (κ1) is 90.8. The number of aryl methyl sites for hydroxylation is 3. The van der Waals surface area contributed by atoms with E-state index in [1.54, 1.807) is 70.1 Å². The van der Waals surface area contributed by atoms with Crippen molar-refractivity contribution in [3.05, 3.63) is 258 Å². The molecule has 126 heavy (non-hydrogen) atoms. The monoisotopic (exact) mass is 1750 g/mol. The summed E-state index contributed by atoms with van der Waals surface area (Å²) in [7, 11) is 1.60. The van der Waals surface area contributed by atoms with Crippen molar-refractivity contribution in [2.75, 3.05) is 61.1 Å². The van der Waals surface area contributed by atoms with Crippen LogP contribution in [-0.4, -0.2) is 174 Å². The predicted octanol–water partition coefficient (Wildman–Crippen LogP) is 16.7. The van der Waals surface area contributed by atoms with Crippen LogP contribution in [0.15, 0.2) is 168 Å². The quantitative estimate of drug-likeness (QED) is 0.0643. The minimum Gasteiger partial charge on any atom is -0.496 e. The summed E-state index contributed by atoms with van der Waals surface area (Å²) in [4.78, 5) is 132. The van der Waals surface area contributed by atoms with E-state index in [0.717, 1.165) is 41.1 Å². The van der Waals surface area contributed by atoms with Gasteiger partial charge < -0.3 is 34.1 Å². The van der Waals surface area contributed by atoms with Crippen LogP contribution in [-0.2, 0) is 14.4 Å². The van der Waals surface area contributed by atoms with E-state index in [1.807, 2.05) is 143 Å². The molecule has 6 atom stereocenters. The number of fused-ring (bicyclic) bond motifs is 3. The maximum Gasteiger partial charge on any atom is 0.355 e. The zero-order valence-electron chi connectivity index (χ0n) is 72.8. The number of halogens is 7. The molecule has 3 aliphatic rings. The van der Waals surface area contributed by atoms with Gasteiger partial charge in [-0.2, -0.15) is 15.0 Å². The Morgan fingerprint density at radius 2 is 0.746 bits per heavy atom. The third-order valence-electron chi connectivity index (χ3n) is 23.1. The number of carbonyl (C=O) groups excluding carboxylic acids is 3. The number of rotatable bonds is 16. The van der Waals surface area contributed by atoms with Crippen molar-refractivity contribution in [2.45, 2.75) is 158 Å². The molecule has 12 aromatic rings. The van der Waals surface area contributed by atoms with Gasteiger partial charge in [0.2, 0.25) is 17.7 Å². The summed E-state index contributed by atoms with van der Waals surface area (Å²) < 4.78 is 84.6. The van der Waals surface area contributed by atoms with Crippen LogP contribution < -0.4 is 36.5 Å². The van der Waals surface area contributed by atoms with Crippen molar-refractivity contribution < 1.29 is 41.1 Å². The lowest BCUT2D eigenvalue weighted by Crippen LogP contribution is -2.58. The predicted molar refractivity (Wildman–Crippen MR) is 482 cm³/mol. The number of hydrogen-bond acceptors (Lipinski definition) is 19. The molecule has 25 nitrogen and oxygen atoms in total. The Bertz CT molecular complexity index is 6540. The lowest BCUT2D eigenvalue weighted by Gasteiger charge is -2.44. The Morgan fingerprint density at radius 3 is 1.10 bits per heavy atom. The van der Waals surface area contributed by atoms with Crippen molar-refractivity contribution in [2.24, 2.45) is 0 Å². The smallest absolute Gasteiger partial charge is 0.355 e. The standard InChI is InChI=1S/C32H35ClN6O3.C31H31ClF2N6O2.C31H31F3N6O2/c1-8-26(40)37-16-21(6)38(17-20(37)5)30-23-15-24(33)28(22-11-9-10-12-25(22)42-7)35-31(23)39(32(41)36-30)29-19(4)13-14-34-27(29)18(2)3;1-7-24(41)38-14-19(6)39(15-18(38)5)29-21-13-22(32)27(20-9-8-10-23(33)25(20)34)36-30(21)40(31(42)37-29)28-17(4)11-12-35-26(28)16(2)3;1-7-24(41)38-14-19(6)39(15-18(38)5)29-20-13-23(34)27(25-21(32)9-8-10-22(25)33)36-30(20)40(31(42)37-29)28-17(4)11-12-35-26(28)16(2)3/h8-15,18,20-21H,1,16-17H2,2-7H3;2*7-13,16,18-19H,1,14-15H2,2-6H3. The molecule has 0 spiro atoms. The SMILES string of the molecule is C=CC(=O)N1CC(C)N(c2nc(=O)n(-c3c(C)ccnc3C(C)C)c3nc(-c4c(F)cccc4F)c(F)cc23)CC1C.C=CC(=O)N1CC(C)N(c2nc(=O)n(-c3c(C)ccnc3C(C)C)c3nc(-c4cccc(F)c4F)c(Cl)cc23)CC1C.C=CC(=O)N1CC(C)N(c2nc(=O)n(-c3c(C)ccnc3C(C)C)c3nc(-c4ccccc4OC)c(Cl)cc23)CC1C. The normalized spacial score (nSPS) is 17.2. The molecule has 3 saturated heterocycles. The molecule has 0 radical (unpaired) electrons. The summed E-state index contributed by atoms with van der Waals surface area (Å²) in [5, 5.41) is 1.70. The summed E-state index contributed by atoms with van der Waals surface area (Å²) >= 11 is 13.7. The molecule has 32 heteroatoms. The molecule has 0 aliphatic carbocycles. The first-order valence-electron chi connectivity index (χ1n) is 41.3. The molecule has 0 bridgehead atoms. The number of para-hydroxylation sites is 1. The van der Waals surface area contributed by atoms with E-state index >= 15 is 4.39 Å². The number of methoxy groups -OCH3 is 1. The topological polar surface area (TPSA) is 262 Å². The second-order valence-electron chi connectivity index (χ2n) is 32.8. The summed E-state index contributed by atoms with van der Waals surface area (Å²) in [5.41, 5.74) is 4.54. The highest BCUT2D eigenvalue weighted by Crippen LogP contribution is 2.43. The largest absolute Gasteiger partial charge is 0.496 e. The van der Waals surface area contributed by atoms with Crippen LogP contribution >= 0.6 is 23.2 Å². The minimum absolute atomic E-state index is 0.0121. The summed E-state index contributed by atoms with van der Waals surface area (Å²) in [6.45, 7) is 42.1. The van der Waals surface area contributed by atoms with E-state index in [0.29, 0.717) is 123 Å². The minimum atomic E-state index is -1.10. The maximum absolute atomic E-state index is 15.8. The summed E-state index contributed by atoms with van der Waals surface area (Å²) in [6, 6.07) is 23.1. The Labute approximate surface area is 735 Å². The van der Waals surface area contributed by atoms with E-state index in [1.165, 1.54) is 45.6 Å². The number of nitrogens with zero attached hydrogens (tertiary/aromatic N) is 18. The van der Waals surface area contributed by atoms with Gasteiger partial charge >= 0.3 is 17.1 Å². The van der Waals surface area contributed by atoms with Gasteiger partial charge in [0.25, 0.3) is 0 Å². The molecule has 3 fully saturated rings. The van der Waals surface area contributed by atoms with Gasteiger partial charge in [0, 0.05) is 105 Å². The van der Waals surface area contributed by atoms with Gasteiger partial charge in [-0.15, -0.1) is 0 Å². The number of piperazine rings is 3. The fourth-order valence-corrected chi connectivity index (χ4v) is 17.3. The average molecular weight is 1760 g/mol. The molecular weight excluding hydrogens is 1660 g/mol. The fraction of sp³-hybridized carbons (Fsp3) is 0.330. The molecule has 6 unspecified atom stereocenters. The van der Waals surface area contributed by atoms with E-state index in [4.69, 9.17) is 37.9 Å². The maximum atomic E-state index is 15.8. The number of pyridine rings is 6. The highest BCUT2D eigenvalue weighted by molar-refractivity contribution is 6.34. The molecule has 3 amide bonds. The highest BCUT2D eigenvalue weighted by Gasteiger charge is 2.39. The van der Waals surface area contributed by atoms with Crippen LogP contribution in [0.25, 0.3) is 83.9 Å². The first-order chi connectivity index (χ1) is 59.9. The lowest BCUT2D eigenvalue weighted by atomic mass is 10.0. The zero-order chi connectivity index (χ0) is 91.2. The molecule has 3 aliphatic heterocycles. The van der Waals surface area contributed by atoms with Gasteiger partial charge in [0.1, 0.15) is 40.5 Å². The Hall–Kier alpha value is -13.0. The Morgan fingerprint density at radius 1 is 0.421 bits per heavy atom. The van der Waals surface area contributed by atoms with E-state index < -0.39 is 57.4 Å². The van der Waals surface area contributed by atoms with E-state index in [9.17, 15) is 46.3 Å². The molecular formula is C94H97Cl2F5N18O7. The van der Waals surface area contributed by atoms with E-state index in [2.05, 4.69) is 59.5 Å². The second kappa shape index (κ2) is 37.1. The van der Waals surface area contributed by atoms with Crippen LogP contribution in [0.5, 0.6) is 5.75 Å². The third-order valence-corrected chi connectivity index (χ3v) is 23.7. The van der Waals surface area contributed by atoms with Crippen LogP contribution in [0.4, 0.5) is 39.4 Å². The van der Waals surface area contributed by atoms with Gasteiger partial charge in [-0.3, -0.25) is 29.3 Å². The average Bonchev–Trinajstić information content (AvgIpc) is 0.740. The molecule has 15 rings (SSSR count). The zero-order valence-corrected chi connectivity index (χ0v) is 74.3. The number of anilines is 3. The Kier molecular flexibility index (Phi) is 26.7. The van der Waals surface area contributed by atoms with Gasteiger partial charge in [-0.25, -0.2) is 65.0 Å². The van der Waals surface area contributed by atoms with Crippen molar-refractivity contribution in [3.8, 4) is 56.6 Å². The van der Waals surface area contributed by atoms with E-state index in [-0.39, 0.29) is 111 Å². The summed E-state index contributed by atoms with van der Waals surface area (Å²) in [5.74, 6) is -4.16. The van der Waals surface area contributed by atoms with Crippen molar-refractivity contribution >= 4 is 91.5 Å². The van der Waals surface area contributed by atoms with Crippen LogP contribution in [0.2, 0.25) is 10.0 Å². The van der Waals surface area contributed by atoms with Gasteiger partial charge in [0.15, 0.2) is 34.4 Å². The lowest BCUT2D eigenvalue weighted by molar-refractivity contribution is -0.129. The number of benzene rings is 3. The number of amides is 3. The molecule has 654 valence electrons. The highest BCUT2D eigenvalue weighted by atomic mass is 35.5. The van der Waals surface area contributed by atoms with Crippen molar-refractivity contribution in [3.63, 3.8) is 0 Å². The van der Waals surface area contributed by atoms with Crippen LogP contribution in [0.1, 0.15) is 135 Å². The fourth-order valence-electron chi connectivity index (χ4n) is 16.8. The molecule has 0 saturated carbocycles. The first-order valence-corrected chi connectivity index (χ1v) is 42.1. The molecule has 0 N–H and O–H groups in total. The molecule has 9 aromatic heterocycles. The van der Waals surface area contributed by atoms with Gasteiger partial charge in [-0.1, -0.05) is 109 Å². The van der Waals surface area contributed by atoms with Crippen LogP contribution in [0.3, 0.4) is 0 Å². The van der Waals surface area contributed by atoms with Crippen molar-refractivity contribution in [1.82, 2.24) is 73.3 Å². The van der Waals surface area contributed by atoms with Crippen molar-refractivity contribution in [1.29, 1.82) is 0 Å². The van der Waals surface area contributed by atoms with Gasteiger partial charge in [0.05, 0.1) is 84.4 Å². The Balaban J connectivity index is 0.000000162. The third kappa shape index (κ3) is 17.1.